The number of fused-ring (bicyclic) bond motifs is 1. The van der Waals surface area contributed by atoms with Crippen molar-refractivity contribution in [2.24, 2.45) is 0 Å². The molecule has 0 amide bonds. The maximum absolute atomic E-state index is 8.99. The van der Waals surface area contributed by atoms with Gasteiger partial charge in [-0.15, -0.1) is 0 Å². The first-order valence-electron chi connectivity index (χ1n) is 5.49. The number of hydrogen-bond acceptors (Lipinski definition) is 4. The van der Waals surface area contributed by atoms with Gasteiger partial charge in [-0.05, 0) is 44.4 Å². The number of pyridine rings is 1. The Balaban J connectivity index is 1.91. The van der Waals surface area contributed by atoms with E-state index < -0.39 is 0 Å². The quantitative estimate of drug-likeness (QED) is 0.735. The van der Waals surface area contributed by atoms with Crippen molar-refractivity contribution in [3.63, 3.8) is 0 Å². The number of ether oxygens (including phenoxy) is 1. The molecule has 3 rings (SSSR count). The summed E-state index contributed by atoms with van der Waals surface area (Å²) in [5.74, 6) is 0.707. The number of nitriles is 1. The van der Waals surface area contributed by atoms with E-state index in [2.05, 4.69) is 32.5 Å². The third-order valence-electron chi connectivity index (χ3n) is 2.65. The molecule has 3 aromatic rings. The summed E-state index contributed by atoms with van der Waals surface area (Å²) in [6, 6.07) is 5.99. The van der Waals surface area contributed by atoms with E-state index in [1.807, 2.05) is 17.5 Å². The van der Waals surface area contributed by atoms with E-state index >= 15 is 0 Å². The van der Waals surface area contributed by atoms with Crippen LogP contribution in [0.25, 0.3) is 5.52 Å². The first-order chi connectivity index (χ1) is 9.28. The molecule has 0 spiro atoms. The Morgan fingerprint density at radius 1 is 1.53 bits per heavy atom. The Labute approximate surface area is 122 Å². The van der Waals surface area contributed by atoms with Crippen molar-refractivity contribution in [3.05, 3.63) is 50.9 Å². The van der Waals surface area contributed by atoms with Crippen LogP contribution < -0.4 is 4.74 Å². The number of aromatic nitrogens is 2. The molecular weight excluding hydrogens is 326 g/mol. The van der Waals surface area contributed by atoms with Gasteiger partial charge < -0.3 is 4.74 Å². The predicted molar refractivity (Wildman–Crippen MR) is 76.3 cm³/mol. The molecule has 0 aliphatic rings. The Bertz CT molecular complexity index is 758. The smallest absolute Gasteiger partial charge is 0.139 e. The first-order valence-corrected chi connectivity index (χ1v) is 7.22. The van der Waals surface area contributed by atoms with Crippen molar-refractivity contribution in [2.75, 3.05) is 0 Å². The van der Waals surface area contributed by atoms with Crippen LogP contribution in [0.3, 0.4) is 0 Å². The number of nitrogens with zero attached hydrogens (tertiary/aromatic N) is 3. The fraction of sp³-hybridized carbons (Fsp3) is 0.0769. The molecule has 3 heterocycles. The molecule has 0 bridgehead atoms. The summed E-state index contributed by atoms with van der Waals surface area (Å²) in [5.41, 5.74) is 2.43. The lowest BCUT2D eigenvalue weighted by Crippen LogP contribution is -1.97. The molecule has 19 heavy (non-hydrogen) atoms. The summed E-state index contributed by atoms with van der Waals surface area (Å²) in [5, 5.41) is 17.2. The molecule has 94 valence electrons. The Hall–Kier alpha value is -1.84. The summed E-state index contributed by atoms with van der Waals surface area (Å²) in [4.78, 5) is 0. The van der Waals surface area contributed by atoms with E-state index in [1.54, 1.807) is 28.2 Å². The summed E-state index contributed by atoms with van der Waals surface area (Å²) in [7, 11) is 0. The van der Waals surface area contributed by atoms with Crippen LogP contribution in [0.15, 0.2) is 39.8 Å². The molecular formula is C13H8BrN3OS. The zero-order valence-electron chi connectivity index (χ0n) is 9.71. The van der Waals surface area contributed by atoms with Gasteiger partial charge in [0.1, 0.15) is 18.4 Å². The number of hydrogen-bond donors (Lipinski definition) is 0. The molecule has 0 atom stereocenters. The van der Waals surface area contributed by atoms with Crippen LogP contribution in [0.2, 0.25) is 0 Å². The second-order valence-electron chi connectivity index (χ2n) is 3.91. The largest absolute Gasteiger partial charge is 0.487 e. The average molecular weight is 334 g/mol. The highest BCUT2D eigenvalue weighted by Crippen LogP contribution is 2.26. The molecule has 0 unspecified atom stereocenters. The fourth-order valence-corrected chi connectivity index (χ4v) is 3.03. The number of rotatable bonds is 3. The Morgan fingerprint density at radius 3 is 3.16 bits per heavy atom. The highest BCUT2D eigenvalue weighted by atomic mass is 79.9. The van der Waals surface area contributed by atoms with Crippen molar-refractivity contribution in [2.45, 2.75) is 6.61 Å². The van der Waals surface area contributed by atoms with Crippen LogP contribution in [0.5, 0.6) is 5.75 Å². The normalized spacial score (nSPS) is 10.5. The molecule has 4 nitrogen and oxygen atoms in total. The summed E-state index contributed by atoms with van der Waals surface area (Å²) in [6.07, 6.45) is 3.32. The zero-order valence-corrected chi connectivity index (χ0v) is 12.1. The molecule has 0 radical (unpaired) electrons. The van der Waals surface area contributed by atoms with E-state index in [4.69, 9.17) is 10.00 Å². The second-order valence-corrected chi connectivity index (χ2v) is 5.54. The molecule has 0 aromatic carbocycles. The summed E-state index contributed by atoms with van der Waals surface area (Å²) >= 11 is 5.09. The summed E-state index contributed by atoms with van der Waals surface area (Å²) in [6.45, 7) is 0.522. The van der Waals surface area contributed by atoms with Crippen LogP contribution >= 0.6 is 27.3 Å². The Kier molecular flexibility index (Phi) is 3.23. The second kappa shape index (κ2) is 5.03. The van der Waals surface area contributed by atoms with Gasteiger partial charge in [-0.2, -0.15) is 21.7 Å². The molecule has 3 aromatic heterocycles. The van der Waals surface area contributed by atoms with Crippen LogP contribution in [0.1, 0.15) is 11.1 Å². The van der Waals surface area contributed by atoms with Crippen LogP contribution in [0, 0.1) is 11.3 Å². The third-order valence-corrected chi connectivity index (χ3v) is 3.98. The summed E-state index contributed by atoms with van der Waals surface area (Å²) < 4.78 is 8.16. The van der Waals surface area contributed by atoms with Gasteiger partial charge in [-0.3, -0.25) is 0 Å². The van der Waals surface area contributed by atoms with Gasteiger partial charge in [0, 0.05) is 4.47 Å². The van der Waals surface area contributed by atoms with Crippen molar-refractivity contribution in [1.82, 2.24) is 9.61 Å². The van der Waals surface area contributed by atoms with Crippen molar-refractivity contribution in [1.29, 1.82) is 5.26 Å². The molecule has 6 heteroatoms. The van der Waals surface area contributed by atoms with Gasteiger partial charge in [0.2, 0.25) is 0 Å². The van der Waals surface area contributed by atoms with Gasteiger partial charge >= 0.3 is 0 Å². The highest BCUT2D eigenvalue weighted by Gasteiger charge is 2.09. The van der Waals surface area contributed by atoms with Crippen molar-refractivity contribution >= 4 is 32.8 Å². The van der Waals surface area contributed by atoms with Crippen LogP contribution in [-0.2, 0) is 6.61 Å². The average Bonchev–Trinajstić information content (AvgIpc) is 3.05. The van der Waals surface area contributed by atoms with E-state index in [0.29, 0.717) is 17.9 Å². The maximum atomic E-state index is 8.99. The number of halogens is 1. The lowest BCUT2D eigenvalue weighted by Gasteiger charge is -2.06. The molecule has 0 fully saturated rings. The van der Waals surface area contributed by atoms with Crippen molar-refractivity contribution in [3.8, 4) is 11.8 Å². The topological polar surface area (TPSA) is 50.3 Å². The molecule has 0 N–H and O–H groups in total. The lowest BCUT2D eigenvalue weighted by atomic mass is 10.3. The zero-order chi connectivity index (χ0) is 13.2. The molecule has 0 saturated carbocycles. The Morgan fingerprint density at radius 2 is 2.42 bits per heavy atom. The van der Waals surface area contributed by atoms with E-state index in [0.717, 1.165) is 15.6 Å². The van der Waals surface area contributed by atoms with Gasteiger partial charge in [0.25, 0.3) is 0 Å². The van der Waals surface area contributed by atoms with E-state index in [1.165, 1.54) is 0 Å². The fourth-order valence-electron chi connectivity index (χ4n) is 1.75. The minimum absolute atomic E-state index is 0.522. The SMILES string of the molecule is N#Cc1cnn2cc(OCc3ccsc3)cc(Br)c12. The first kappa shape index (κ1) is 12.2. The van der Waals surface area contributed by atoms with Crippen LogP contribution in [0.4, 0.5) is 0 Å². The molecule has 0 saturated heterocycles. The predicted octanol–water partition coefficient (Wildman–Crippen LogP) is 3.61. The van der Waals surface area contributed by atoms with E-state index in [9.17, 15) is 0 Å². The van der Waals surface area contributed by atoms with Gasteiger partial charge in [0.05, 0.1) is 23.5 Å². The maximum Gasteiger partial charge on any atom is 0.139 e. The minimum Gasteiger partial charge on any atom is -0.487 e. The van der Waals surface area contributed by atoms with Gasteiger partial charge in [-0.25, -0.2) is 4.52 Å². The van der Waals surface area contributed by atoms with E-state index in [-0.39, 0.29) is 0 Å². The number of thiophene rings is 1. The lowest BCUT2D eigenvalue weighted by molar-refractivity contribution is 0.304. The monoisotopic (exact) mass is 333 g/mol. The third kappa shape index (κ3) is 2.35. The van der Waals surface area contributed by atoms with Gasteiger partial charge in [-0.1, -0.05) is 0 Å². The minimum atomic E-state index is 0.522. The van der Waals surface area contributed by atoms with Gasteiger partial charge in [0.15, 0.2) is 0 Å². The molecule has 0 aliphatic heterocycles. The highest BCUT2D eigenvalue weighted by molar-refractivity contribution is 9.10. The molecule has 0 aliphatic carbocycles. The van der Waals surface area contributed by atoms with Crippen molar-refractivity contribution < 1.29 is 4.74 Å². The van der Waals surface area contributed by atoms with Crippen LogP contribution in [-0.4, -0.2) is 9.61 Å². The standard InChI is InChI=1S/C13H8BrN3OS/c14-12-3-11(18-7-9-1-2-19-8-9)6-17-13(12)10(4-15)5-16-17/h1-3,5-6,8H,7H2.